The van der Waals surface area contributed by atoms with E-state index in [9.17, 15) is 17.2 Å². The molecular weight excluding hydrogens is 250 g/mol. The van der Waals surface area contributed by atoms with E-state index in [4.69, 9.17) is 10.7 Å². The Morgan fingerprint density at radius 1 is 1.40 bits per heavy atom. The van der Waals surface area contributed by atoms with Crippen molar-refractivity contribution in [3.63, 3.8) is 0 Å². The van der Waals surface area contributed by atoms with Crippen LogP contribution in [0.5, 0.6) is 5.75 Å². The normalized spacial score (nSPS) is 12.5. The van der Waals surface area contributed by atoms with Gasteiger partial charge in [-0.05, 0) is 12.1 Å². The fourth-order valence-electron chi connectivity index (χ4n) is 0.896. The van der Waals surface area contributed by atoms with Crippen LogP contribution in [0.1, 0.15) is 6.92 Å². The maximum atomic E-state index is 12.4. The third-order valence-corrected chi connectivity index (χ3v) is 2.74. The molecular formula is C8H7ClF2O3S. The smallest absolute Gasteiger partial charge is 0.394 e. The number of hydrogen-bond acceptors (Lipinski definition) is 3. The highest BCUT2D eigenvalue weighted by molar-refractivity contribution is 8.13. The van der Waals surface area contributed by atoms with Gasteiger partial charge in [0.2, 0.25) is 0 Å². The molecule has 0 radical (unpaired) electrons. The third kappa shape index (κ3) is 4.01. The summed E-state index contributed by atoms with van der Waals surface area (Å²) in [4.78, 5) is -0.286. The minimum absolute atomic E-state index is 0.260. The molecule has 15 heavy (non-hydrogen) atoms. The van der Waals surface area contributed by atoms with Crippen LogP contribution in [0, 0.1) is 0 Å². The number of alkyl halides is 2. The van der Waals surface area contributed by atoms with Gasteiger partial charge in [-0.2, -0.15) is 8.78 Å². The van der Waals surface area contributed by atoms with Crippen molar-refractivity contribution >= 4 is 19.7 Å². The molecule has 0 saturated heterocycles. The number of hydrogen-bond donors (Lipinski definition) is 0. The van der Waals surface area contributed by atoms with Crippen LogP contribution >= 0.6 is 10.7 Å². The molecule has 3 nitrogen and oxygen atoms in total. The summed E-state index contributed by atoms with van der Waals surface area (Å²) in [6.45, 7) is 0.550. The van der Waals surface area contributed by atoms with Crippen molar-refractivity contribution < 1.29 is 21.9 Å². The first-order chi connectivity index (χ1) is 6.68. The Balaban J connectivity index is 3.04. The van der Waals surface area contributed by atoms with E-state index in [0.717, 1.165) is 6.07 Å². The molecule has 0 fully saturated rings. The molecule has 0 unspecified atom stereocenters. The minimum atomic E-state index is -3.93. The number of ether oxygens (including phenoxy) is 1. The zero-order chi connectivity index (χ0) is 11.7. The first-order valence-corrected chi connectivity index (χ1v) is 6.11. The van der Waals surface area contributed by atoms with Crippen molar-refractivity contribution in [2.75, 3.05) is 0 Å². The van der Waals surface area contributed by atoms with Crippen LogP contribution in [-0.2, 0) is 9.05 Å². The van der Waals surface area contributed by atoms with Crippen LogP contribution < -0.4 is 4.74 Å². The lowest BCUT2D eigenvalue weighted by Gasteiger charge is -2.12. The summed E-state index contributed by atoms with van der Waals surface area (Å²) in [5, 5.41) is 0. The molecule has 0 aromatic heterocycles. The van der Waals surface area contributed by atoms with E-state index in [1.807, 2.05) is 0 Å². The lowest BCUT2D eigenvalue weighted by molar-refractivity contribution is -0.159. The van der Waals surface area contributed by atoms with Gasteiger partial charge in [0.05, 0.1) is 4.90 Å². The quantitative estimate of drug-likeness (QED) is 0.781. The monoisotopic (exact) mass is 256 g/mol. The molecule has 1 aromatic rings. The highest BCUT2D eigenvalue weighted by atomic mass is 35.7. The van der Waals surface area contributed by atoms with Gasteiger partial charge in [-0.15, -0.1) is 0 Å². The second kappa shape index (κ2) is 3.94. The molecule has 1 rings (SSSR count). The van der Waals surface area contributed by atoms with Gasteiger partial charge < -0.3 is 4.74 Å². The predicted molar refractivity (Wildman–Crippen MR) is 50.7 cm³/mol. The van der Waals surface area contributed by atoms with E-state index < -0.39 is 15.2 Å². The van der Waals surface area contributed by atoms with E-state index in [1.165, 1.54) is 18.2 Å². The van der Waals surface area contributed by atoms with Gasteiger partial charge in [-0.1, -0.05) is 6.07 Å². The van der Waals surface area contributed by atoms with E-state index >= 15 is 0 Å². The Bertz CT molecular complexity index is 453. The molecule has 0 aliphatic rings. The summed E-state index contributed by atoms with van der Waals surface area (Å²) in [7, 11) is 1.10. The van der Waals surface area contributed by atoms with Crippen LogP contribution in [-0.4, -0.2) is 14.5 Å². The summed E-state index contributed by atoms with van der Waals surface area (Å²) >= 11 is 0. The molecule has 0 amide bonds. The first kappa shape index (κ1) is 12.2. The van der Waals surface area contributed by atoms with E-state index in [1.54, 1.807) is 0 Å². The Morgan fingerprint density at radius 3 is 2.47 bits per heavy atom. The zero-order valence-electron chi connectivity index (χ0n) is 7.58. The molecule has 0 spiro atoms. The van der Waals surface area contributed by atoms with Gasteiger partial charge >= 0.3 is 6.11 Å². The SMILES string of the molecule is CC(F)(F)Oc1cccc(S(=O)(=O)Cl)c1. The van der Waals surface area contributed by atoms with Gasteiger partial charge in [0.1, 0.15) is 5.75 Å². The molecule has 0 aliphatic carbocycles. The average Bonchev–Trinajstić information content (AvgIpc) is 1.99. The molecule has 1 aromatic carbocycles. The molecule has 0 atom stereocenters. The standard InChI is InChI=1S/C8H7ClF2O3S/c1-8(10,11)14-6-3-2-4-7(5-6)15(9,12)13/h2-5H,1H3. The van der Waals surface area contributed by atoms with Crippen LogP contribution in [0.3, 0.4) is 0 Å². The van der Waals surface area contributed by atoms with E-state index in [0.29, 0.717) is 6.92 Å². The van der Waals surface area contributed by atoms with Crippen molar-refractivity contribution in [1.82, 2.24) is 0 Å². The topological polar surface area (TPSA) is 43.4 Å². The van der Waals surface area contributed by atoms with Crippen LogP contribution in [0.2, 0.25) is 0 Å². The Kier molecular flexibility index (Phi) is 3.20. The first-order valence-electron chi connectivity index (χ1n) is 3.80. The fourth-order valence-corrected chi connectivity index (χ4v) is 1.68. The lowest BCUT2D eigenvalue weighted by Crippen LogP contribution is -2.19. The van der Waals surface area contributed by atoms with Crippen LogP contribution in [0.4, 0.5) is 8.78 Å². The van der Waals surface area contributed by atoms with E-state index in [2.05, 4.69) is 4.74 Å². The predicted octanol–water partition coefficient (Wildman–Crippen LogP) is 2.61. The Hall–Kier alpha value is -0.880. The molecule has 0 N–H and O–H groups in total. The number of rotatable bonds is 3. The summed E-state index contributed by atoms with van der Waals surface area (Å²) < 4.78 is 50.8. The second-order valence-corrected chi connectivity index (χ2v) is 5.39. The fraction of sp³-hybridized carbons (Fsp3) is 0.250. The van der Waals surface area contributed by atoms with Crippen LogP contribution in [0.15, 0.2) is 29.2 Å². The molecule has 7 heteroatoms. The van der Waals surface area contributed by atoms with Gasteiger partial charge in [0.25, 0.3) is 9.05 Å². The van der Waals surface area contributed by atoms with Crippen molar-refractivity contribution in [2.45, 2.75) is 17.9 Å². The summed E-state index contributed by atoms with van der Waals surface area (Å²) in [5.41, 5.74) is 0. The third-order valence-electron chi connectivity index (χ3n) is 1.38. The zero-order valence-corrected chi connectivity index (χ0v) is 9.15. The largest absolute Gasteiger partial charge is 0.433 e. The molecule has 0 bridgehead atoms. The summed E-state index contributed by atoms with van der Waals surface area (Å²) in [6.07, 6.45) is -3.37. The van der Waals surface area contributed by atoms with Crippen LogP contribution in [0.25, 0.3) is 0 Å². The van der Waals surface area contributed by atoms with Crippen molar-refractivity contribution in [2.24, 2.45) is 0 Å². The molecule has 0 aliphatic heterocycles. The molecule has 84 valence electrons. The van der Waals surface area contributed by atoms with Gasteiger partial charge in [-0.25, -0.2) is 8.42 Å². The van der Waals surface area contributed by atoms with Gasteiger partial charge in [0, 0.05) is 23.7 Å². The number of benzene rings is 1. The molecule has 0 heterocycles. The van der Waals surface area contributed by atoms with Crippen molar-refractivity contribution in [3.05, 3.63) is 24.3 Å². The minimum Gasteiger partial charge on any atom is -0.433 e. The highest BCUT2D eigenvalue weighted by Gasteiger charge is 2.23. The average molecular weight is 257 g/mol. The summed E-state index contributed by atoms with van der Waals surface area (Å²) in [5.74, 6) is -0.260. The lowest BCUT2D eigenvalue weighted by atomic mass is 10.3. The maximum absolute atomic E-state index is 12.4. The Labute approximate surface area is 90.0 Å². The van der Waals surface area contributed by atoms with Gasteiger partial charge in [0.15, 0.2) is 0 Å². The van der Waals surface area contributed by atoms with E-state index in [-0.39, 0.29) is 10.6 Å². The Morgan fingerprint density at radius 2 is 2.00 bits per heavy atom. The summed E-state index contributed by atoms with van der Waals surface area (Å²) in [6, 6.07) is 4.59. The van der Waals surface area contributed by atoms with Crippen molar-refractivity contribution in [3.8, 4) is 5.75 Å². The van der Waals surface area contributed by atoms with Gasteiger partial charge in [-0.3, -0.25) is 0 Å². The highest BCUT2D eigenvalue weighted by Crippen LogP contribution is 2.24. The maximum Gasteiger partial charge on any atom is 0.394 e. The molecule has 0 saturated carbocycles. The second-order valence-electron chi connectivity index (χ2n) is 2.82. The number of halogens is 3. The van der Waals surface area contributed by atoms with Crippen molar-refractivity contribution in [1.29, 1.82) is 0 Å².